The van der Waals surface area contributed by atoms with Crippen LogP contribution >= 0.6 is 0 Å². The second-order valence-electron chi connectivity index (χ2n) is 4.36. The van der Waals surface area contributed by atoms with E-state index in [1.165, 1.54) is 24.3 Å². The molecule has 20 heavy (non-hydrogen) atoms. The lowest BCUT2D eigenvalue weighted by Gasteiger charge is -2.10. The van der Waals surface area contributed by atoms with Gasteiger partial charge < -0.3 is 10.4 Å². The Morgan fingerprint density at radius 3 is 2.75 bits per heavy atom. The molecule has 0 radical (unpaired) electrons. The van der Waals surface area contributed by atoms with Crippen molar-refractivity contribution < 1.29 is 14.4 Å². The molecule has 0 saturated heterocycles. The fourth-order valence-corrected chi connectivity index (χ4v) is 1.85. The third kappa shape index (κ3) is 2.85. The molecule has 6 heteroatoms. The Morgan fingerprint density at radius 1 is 1.35 bits per heavy atom. The van der Waals surface area contributed by atoms with Crippen LogP contribution in [-0.2, 0) is 6.54 Å². The molecular formula is C14H13FN2O3. The Hall–Kier alpha value is -2.63. The first kappa shape index (κ1) is 13.8. The Morgan fingerprint density at radius 2 is 2.10 bits per heavy atom. The van der Waals surface area contributed by atoms with E-state index in [1.807, 2.05) is 0 Å². The van der Waals surface area contributed by atoms with Crippen molar-refractivity contribution in [1.82, 2.24) is 0 Å². The molecule has 0 fully saturated rings. The van der Waals surface area contributed by atoms with Crippen molar-refractivity contribution in [2.45, 2.75) is 13.5 Å². The average Bonchev–Trinajstić information content (AvgIpc) is 2.41. The van der Waals surface area contributed by atoms with Crippen LogP contribution in [0.4, 0.5) is 15.8 Å². The number of aryl methyl sites for hydroxylation is 1. The van der Waals surface area contributed by atoms with Gasteiger partial charge in [0, 0.05) is 29.9 Å². The van der Waals surface area contributed by atoms with Gasteiger partial charge >= 0.3 is 0 Å². The van der Waals surface area contributed by atoms with E-state index in [9.17, 15) is 19.6 Å². The number of anilines is 1. The summed E-state index contributed by atoms with van der Waals surface area (Å²) < 4.78 is 13.2. The van der Waals surface area contributed by atoms with Crippen molar-refractivity contribution in [3.63, 3.8) is 0 Å². The monoisotopic (exact) mass is 276 g/mol. The Labute approximate surface area is 114 Å². The maximum atomic E-state index is 13.2. The fourth-order valence-electron chi connectivity index (χ4n) is 1.85. The lowest BCUT2D eigenvalue weighted by Crippen LogP contribution is -2.02. The molecule has 0 aliphatic heterocycles. The number of phenols is 1. The third-order valence-electron chi connectivity index (χ3n) is 2.96. The first-order chi connectivity index (χ1) is 9.49. The number of para-hydroxylation sites is 1. The van der Waals surface area contributed by atoms with Gasteiger partial charge in [-0.2, -0.15) is 0 Å². The van der Waals surface area contributed by atoms with Gasteiger partial charge in [0.1, 0.15) is 0 Å². The van der Waals surface area contributed by atoms with E-state index >= 15 is 0 Å². The van der Waals surface area contributed by atoms with Gasteiger partial charge in [0.2, 0.25) is 0 Å². The number of rotatable bonds is 4. The third-order valence-corrected chi connectivity index (χ3v) is 2.96. The second kappa shape index (κ2) is 5.56. The molecule has 0 bridgehead atoms. The molecule has 0 amide bonds. The fraction of sp³-hybridized carbons (Fsp3) is 0.143. The van der Waals surface area contributed by atoms with Crippen LogP contribution in [0.2, 0.25) is 0 Å². The average molecular weight is 276 g/mol. The van der Waals surface area contributed by atoms with Gasteiger partial charge in [-0.25, -0.2) is 4.39 Å². The molecule has 0 heterocycles. The molecule has 0 spiro atoms. The number of hydrogen-bond acceptors (Lipinski definition) is 4. The predicted octanol–water partition coefficient (Wildman–Crippen LogP) is 3.36. The summed E-state index contributed by atoms with van der Waals surface area (Å²) in [6, 6.07) is 8.72. The number of nitrogens with zero attached hydrogens (tertiary/aromatic N) is 1. The highest BCUT2D eigenvalue weighted by Crippen LogP contribution is 2.24. The van der Waals surface area contributed by atoms with Gasteiger partial charge in [0.15, 0.2) is 11.6 Å². The normalized spacial score (nSPS) is 10.3. The second-order valence-corrected chi connectivity index (χ2v) is 4.36. The van der Waals surface area contributed by atoms with Crippen LogP contribution in [0.15, 0.2) is 36.4 Å². The quantitative estimate of drug-likeness (QED) is 0.663. The molecule has 104 valence electrons. The van der Waals surface area contributed by atoms with Gasteiger partial charge in [-0.3, -0.25) is 10.1 Å². The van der Waals surface area contributed by atoms with Crippen molar-refractivity contribution in [2.24, 2.45) is 0 Å². The van der Waals surface area contributed by atoms with E-state index < -0.39 is 10.7 Å². The summed E-state index contributed by atoms with van der Waals surface area (Å²) in [5, 5.41) is 23.2. The Balaban J connectivity index is 2.15. The van der Waals surface area contributed by atoms with E-state index in [2.05, 4.69) is 5.32 Å². The van der Waals surface area contributed by atoms with Gasteiger partial charge in [0.25, 0.3) is 5.69 Å². The number of halogens is 1. The number of nitro groups is 1. The number of nitrogens with one attached hydrogen (secondary N) is 1. The largest absolute Gasteiger partial charge is 0.505 e. The lowest BCUT2D eigenvalue weighted by molar-refractivity contribution is -0.384. The number of non-ortho nitro benzene ring substituents is 1. The number of phenolic OH excluding ortho intramolecular Hbond substituents is 1. The summed E-state index contributed by atoms with van der Waals surface area (Å²) in [7, 11) is 0. The highest BCUT2D eigenvalue weighted by Gasteiger charge is 2.09. The number of benzene rings is 2. The Bertz CT molecular complexity index is 659. The summed E-state index contributed by atoms with van der Waals surface area (Å²) in [4.78, 5) is 10.2. The molecule has 2 aromatic carbocycles. The zero-order chi connectivity index (χ0) is 14.7. The van der Waals surface area contributed by atoms with Crippen LogP contribution in [0, 0.1) is 22.9 Å². The molecule has 5 nitrogen and oxygen atoms in total. The van der Waals surface area contributed by atoms with Crippen molar-refractivity contribution in [2.75, 3.05) is 5.32 Å². The minimum atomic E-state index is -0.676. The van der Waals surface area contributed by atoms with E-state index in [0.29, 0.717) is 16.8 Å². The van der Waals surface area contributed by atoms with Gasteiger partial charge in [0.05, 0.1) is 4.92 Å². The van der Waals surface area contributed by atoms with E-state index in [4.69, 9.17) is 0 Å². The van der Waals surface area contributed by atoms with Gasteiger partial charge in [-0.05, 0) is 24.6 Å². The summed E-state index contributed by atoms with van der Waals surface area (Å²) >= 11 is 0. The first-order valence-electron chi connectivity index (χ1n) is 5.94. The molecule has 0 aromatic heterocycles. The lowest BCUT2D eigenvalue weighted by atomic mass is 10.1. The highest BCUT2D eigenvalue weighted by molar-refractivity contribution is 5.56. The molecule has 2 rings (SSSR count). The molecule has 0 unspecified atom stereocenters. The van der Waals surface area contributed by atoms with Crippen LogP contribution in [0.5, 0.6) is 5.75 Å². The molecule has 0 aliphatic rings. The van der Waals surface area contributed by atoms with Crippen molar-refractivity contribution in [3.8, 4) is 5.75 Å². The topological polar surface area (TPSA) is 75.4 Å². The molecule has 2 N–H and O–H groups in total. The van der Waals surface area contributed by atoms with Crippen LogP contribution in [0.3, 0.4) is 0 Å². The van der Waals surface area contributed by atoms with Crippen LogP contribution in [-0.4, -0.2) is 10.0 Å². The van der Waals surface area contributed by atoms with Gasteiger partial charge in [-0.1, -0.05) is 12.1 Å². The summed E-state index contributed by atoms with van der Waals surface area (Å²) in [5.74, 6) is -1.07. The van der Waals surface area contributed by atoms with Crippen LogP contribution < -0.4 is 5.32 Å². The summed E-state index contributed by atoms with van der Waals surface area (Å²) in [6.07, 6.45) is 0. The predicted molar refractivity (Wildman–Crippen MR) is 73.2 cm³/mol. The summed E-state index contributed by atoms with van der Waals surface area (Å²) in [6.45, 7) is 1.96. The maximum Gasteiger partial charge on any atom is 0.269 e. The standard InChI is InChI=1S/C14H13FN2O3/c1-9-7-11(17(19)20)5-6-13(9)16-8-10-3-2-4-12(15)14(10)18/h2-7,16,18H,8H2,1H3. The minimum absolute atomic E-state index is 0.0154. The van der Waals surface area contributed by atoms with E-state index in [1.54, 1.807) is 19.1 Å². The Kier molecular flexibility index (Phi) is 3.84. The molecular weight excluding hydrogens is 263 g/mol. The zero-order valence-electron chi connectivity index (χ0n) is 10.8. The number of nitro benzene ring substituents is 1. The van der Waals surface area contributed by atoms with E-state index in [0.717, 1.165) is 0 Å². The number of aromatic hydroxyl groups is 1. The van der Waals surface area contributed by atoms with Crippen LogP contribution in [0.25, 0.3) is 0 Å². The summed E-state index contributed by atoms with van der Waals surface area (Å²) in [5.41, 5.74) is 1.83. The minimum Gasteiger partial charge on any atom is -0.505 e. The zero-order valence-corrected chi connectivity index (χ0v) is 10.8. The molecule has 2 aromatic rings. The molecule has 0 saturated carbocycles. The van der Waals surface area contributed by atoms with Crippen molar-refractivity contribution >= 4 is 11.4 Å². The van der Waals surface area contributed by atoms with Crippen molar-refractivity contribution in [3.05, 3.63) is 63.5 Å². The number of hydrogen-bond donors (Lipinski definition) is 2. The molecule has 0 atom stereocenters. The van der Waals surface area contributed by atoms with E-state index in [-0.39, 0.29) is 18.0 Å². The van der Waals surface area contributed by atoms with Gasteiger partial charge in [-0.15, -0.1) is 0 Å². The smallest absolute Gasteiger partial charge is 0.269 e. The van der Waals surface area contributed by atoms with Crippen LogP contribution in [0.1, 0.15) is 11.1 Å². The van der Waals surface area contributed by atoms with Crippen molar-refractivity contribution in [1.29, 1.82) is 0 Å². The SMILES string of the molecule is Cc1cc([N+](=O)[O-])ccc1NCc1cccc(F)c1O. The maximum absolute atomic E-state index is 13.2. The molecule has 0 aliphatic carbocycles. The highest BCUT2D eigenvalue weighted by atomic mass is 19.1. The first-order valence-corrected chi connectivity index (χ1v) is 5.94.